The van der Waals surface area contributed by atoms with Crippen LogP contribution in [0.25, 0.3) is 5.65 Å². The zero-order valence-corrected chi connectivity index (χ0v) is 22.9. The molecule has 10 nitrogen and oxygen atoms in total. The van der Waals surface area contributed by atoms with Crippen LogP contribution in [0.4, 0.5) is 30.5 Å². The second-order valence-corrected chi connectivity index (χ2v) is 12.7. The van der Waals surface area contributed by atoms with E-state index in [1.54, 1.807) is 17.5 Å². The van der Waals surface area contributed by atoms with Crippen LogP contribution in [-0.2, 0) is 14.6 Å². The molecule has 39 heavy (non-hydrogen) atoms. The fourth-order valence-corrected chi connectivity index (χ4v) is 6.56. The lowest BCUT2D eigenvalue weighted by atomic mass is 9.93. The molecule has 0 unspecified atom stereocenters. The first-order valence-electron chi connectivity index (χ1n) is 13.1. The first-order valence-corrected chi connectivity index (χ1v) is 15.0. The van der Waals surface area contributed by atoms with Crippen LogP contribution in [0, 0.1) is 6.92 Å². The normalized spacial score (nSPS) is 20.5. The van der Waals surface area contributed by atoms with Gasteiger partial charge in [-0.2, -0.15) is 17.7 Å². The Morgan fingerprint density at radius 2 is 1.87 bits per heavy atom. The highest BCUT2D eigenvalue weighted by atomic mass is 32.2. The van der Waals surface area contributed by atoms with E-state index in [4.69, 9.17) is 15.6 Å². The Kier molecular flexibility index (Phi) is 7.55. The molecular formula is C25H34F3N7O3S. The molecule has 14 heteroatoms. The van der Waals surface area contributed by atoms with Gasteiger partial charge in [-0.05, 0) is 51.3 Å². The number of allylic oxidation sites excluding steroid dienone is 2. The minimum absolute atomic E-state index is 0.0640. The first kappa shape index (κ1) is 27.7. The SMILES string of the molecule is Cc1nc2c(N)cc(N3CCOCC3)nn2c1NC1=C(CN2CCC(S(C)(=O)=O)CC2)C(C(F)(F)F)=CCC1. The van der Waals surface area contributed by atoms with E-state index in [0.717, 1.165) is 0 Å². The Bertz CT molecular complexity index is 1400. The summed E-state index contributed by atoms with van der Waals surface area (Å²) in [5.74, 6) is 1.12. The Morgan fingerprint density at radius 1 is 1.18 bits per heavy atom. The van der Waals surface area contributed by atoms with Gasteiger partial charge in [-0.3, -0.25) is 4.90 Å². The van der Waals surface area contributed by atoms with Gasteiger partial charge < -0.3 is 20.7 Å². The minimum atomic E-state index is -4.52. The molecule has 2 aliphatic heterocycles. The lowest BCUT2D eigenvalue weighted by Gasteiger charge is -2.34. The van der Waals surface area contributed by atoms with Crippen molar-refractivity contribution >= 4 is 32.8 Å². The second kappa shape index (κ2) is 10.6. The molecule has 4 heterocycles. The third-order valence-corrected chi connectivity index (χ3v) is 9.32. The smallest absolute Gasteiger partial charge is 0.396 e. The highest BCUT2D eigenvalue weighted by Crippen LogP contribution is 2.39. The molecule has 5 rings (SSSR count). The monoisotopic (exact) mass is 569 g/mol. The number of likely N-dealkylation sites (tertiary alicyclic amines) is 1. The van der Waals surface area contributed by atoms with E-state index in [-0.39, 0.29) is 18.5 Å². The zero-order valence-electron chi connectivity index (χ0n) is 22.1. The number of morpholine rings is 1. The molecule has 3 aliphatic rings. The summed E-state index contributed by atoms with van der Waals surface area (Å²) in [6.07, 6.45) is -0.625. The molecule has 0 atom stereocenters. The molecule has 0 spiro atoms. The Hall–Kier alpha value is -2.84. The molecule has 1 aliphatic carbocycles. The van der Waals surface area contributed by atoms with Crippen molar-refractivity contribution in [2.45, 2.75) is 44.0 Å². The second-order valence-electron chi connectivity index (χ2n) is 10.4. The number of nitrogens with zero attached hydrogens (tertiary/aromatic N) is 5. The van der Waals surface area contributed by atoms with Gasteiger partial charge in [-0.25, -0.2) is 13.4 Å². The van der Waals surface area contributed by atoms with Gasteiger partial charge in [-0.1, -0.05) is 6.08 Å². The predicted molar refractivity (Wildman–Crippen MR) is 143 cm³/mol. The lowest BCUT2D eigenvalue weighted by molar-refractivity contribution is -0.0904. The molecule has 2 aromatic heterocycles. The maximum absolute atomic E-state index is 14.2. The molecule has 0 aromatic carbocycles. The number of nitrogen functional groups attached to an aromatic ring is 1. The number of nitrogens with one attached hydrogen (secondary N) is 1. The molecule has 214 valence electrons. The van der Waals surface area contributed by atoms with Crippen LogP contribution in [0.1, 0.15) is 31.4 Å². The van der Waals surface area contributed by atoms with Gasteiger partial charge in [-0.15, -0.1) is 5.10 Å². The summed E-state index contributed by atoms with van der Waals surface area (Å²) in [4.78, 5) is 8.50. The highest BCUT2D eigenvalue weighted by molar-refractivity contribution is 7.91. The molecule has 3 N–H and O–H groups in total. The number of aryl methyl sites for hydroxylation is 1. The quantitative estimate of drug-likeness (QED) is 0.541. The lowest BCUT2D eigenvalue weighted by Crippen LogP contribution is -2.41. The van der Waals surface area contributed by atoms with Crippen LogP contribution in [0.5, 0.6) is 0 Å². The number of nitrogens with two attached hydrogens (primary N) is 1. The third kappa shape index (κ3) is 5.87. The van der Waals surface area contributed by atoms with Crippen LogP contribution in [-0.4, -0.2) is 91.5 Å². The Balaban J connectivity index is 1.49. The maximum atomic E-state index is 14.2. The van der Waals surface area contributed by atoms with Gasteiger partial charge in [0.2, 0.25) is 0 Å². The van der Waals surface area contributed by atoms with Crippen molar-refractivity contribution < 1.29 is 26.3 Å². The van der Waals surface area contributed by atoms with Crippen molar-refractivity contribution in [2.24, 2.45) is 0 Å². The number of piperidine rings is 1. The van der Waals surface area contributed by atoms with Crippen LogP contribution >= 0.6 is 0 Å². The van der Waals surface area contributed by atoms with Crippen LogP contribution in [0.3, 0.4) is 0 Å². The number of sulfone groups is 1. The number of aromatic nitrogens is 3. The summed E-state index contributed by atoms with van der Waals surface area (Å²) in [5.41, 5.74) is 7.70. The van der Waals surface area contributed by atoms with Crippen LogP contribution < -0.4 is 16.0 Å². The van der Waals surface area contributed by atoms with E-state index in [1.807, 2.05) is 9.80 Å². The van der Waals surface area contributed by atoms with Crippen molar-refractivity contribution in [2.75, 3.05) is 68.1 Å². The topological polar surface area (TPSA) is 118 Å². The van der Waals surface area contributed by atoms with Crippen molar-refractivity contribution in [1.29, 1.82) is 0 Å². The Labute approximate surface area is 225 Å². The van der Waals surface area contributed by atoms with E-state index in [9.17, 15) is 21.6 Å². The molecule has 2 fully saturated rings. The number of alkyl halides is 3. The molecular weight excluding hydrogens is 535 g/mol. The molecule has 0 saturated carbocycles. The summed E-state index contributed by atoms with van der Waals surface area (Å²) in [5, 5.41) is 7.54. The molecule has 0 bridgehead atoms. The fraction of sp³-hybridized carbons (Fsp3) is 0.600. The summed E-state index contributed by atoms with van der Waals surface area (Å²) in [7, 11) is -3.18. The van der Waals surface area contributed by atoms with Crippen molar-refractivity contribution in [1.82, 2.24) is 19.5 Å². The van der Waals surface area contributed by atoms with E-state index in [1.165, 1.54) is 12.3 Å². The number of halogens is 3. The number of hydrogen-bond acceptors (Lipinski definition) is 9. The van der Waals surface area contributed by atoms with E-state index < -0.39 is 26.8 Å². The number of hydrogen-bond donors (Lipinski definition) is 2. The summed E-state index contributed by atoms with van der Waals surface area (Å²) >= 11 is 0. The van der Waals surface area contributed by atoms with Gasteiger partial charge in [0.1, 0.15) is 9.84 Å². The zero-order chi connectivity index (χ0) is 27.9. The van der Waals surface area contributed by atoms with E-state index in [0.29, 0.717) is 93.0 Å². The van der Waals surface area contributed by atoms with E-state index in [2.05, 4.69) is 10.3 Å². The Morgan fingerprint density at radius 3 is 2.51 bits per heavy atom. The summed E-state index contributed by atoms with van der Waals surface area (Å²) in [6, 6.07) is 1.76. The maximum Gasteiger partial charge on any atom is 0.416 e. The van der Waals surface area contributed by atoms with Crippen molar-refractivity contribution in [3.05, 3.63) is 34.7 Å². The van der Waals surface area contributed by atoms with Gasteiger partial charge in [0.05, 0.1) is 35.4 Å². The summed E-state index contributed by atoms with van der Waals surface area (Å²) in [6.45, 7) is 5.10. The average molecular weight is 570 g/mol. The number of ether oxygens (including phenoxy) is 1. The fourth-order valence-electron chi connectivity index (χ4n) is 5.49. The van der Waals surface area contributed by atoms with Crippen LogP contribution in [0.2, 0.25) is 0 Å². The van der Waals surface area contributed by atoms with Gasteiger partial charge >= 0.3 is 6.18 Å². The third-order valence-electron chi connectivity index (χ3n) is 7.64. The van der Waals surface area contributed by atoms with Gasteiger partial charge in [0, 0.05) is 37.7 Å². The minimum Gasteiger partial charge on any atom is -0.396 e. The van der Waals surface area contributed by atoms with Crippen molar-refractivity contribution in [3.8, 4) is 0 Å². The molecule has 0 amide bonds. The van der Waals surface area contributed by atoms with Gasteiger partial charge in [0.25, 0.3) is 0 Å². The van der Waals surface area contributed by atoms with E-state index >= 15 is 0 Å². The van der Waals surface area contributed by atoms with Crippen LogP contribution in [0.15, 0.2) is 29.0 Å². The number of rotatable bonds is 6. The molecule has 0 radical (unpaired) electrons. The van der Waals surface area contributed by atoms with Gasteiger partial charge in [0.15, 0.2) is 17.3 Å². The number of anilines is 3. The molecule has 2 aromatic rings. The number of imidazole rings is 1. The molecule has 2 saturated heterocycles. The standard InChI is InChI=1S/C25H34F3N7O3S/c1-16-23(35-24(30-16)20(29)14-22(32-35)34-10-12-38-13-11-34)31-21-5-3-4-19(25(26,27)28)18(21)15-33-8-6-17(7-9-33)39(2,36)37/h4,14,17,31H,3,5-13,15,29H2,1-2H3. The average Bonchev–Trinajstić information content (AvgIpc) is 3.20. The predicted octanol–water partition coefficient (Wildman–Crippen LogP) is 2.91. The first-order chi connectivity index (χ1) is 18.4. The van der Waals surface area contributed by atoms with Crippen molar-refractivity contribution in [3.63, 3.8) is 0 Å². The highest BCUT2D eigenvalue weighted by Gasteiger charge is 2.39. The largest absolute Gasteiger partial charge is 0.416 e. The summed E-state index contributed by atoms with van der Waals surface area (Å²) < 4.78 is 73.4. The number of fused-ring (bicyclic) bond motifs is 1.